The summed E-state index contributed by atoms with van der Waals surface area (Å²) in [6.45, 7) is 1.82. The molecule has 0 bridgehead atoms. The Kier molecular flexibility index (Phi) is 8.98. The van der Waals surface area contributed by atoms with E-state index in [1.54, 1.807) is 24.3 Å². The van der Waals surface area contributed by atoms with Crippen LogP contribution >= 0.6 is 0 Å². The van der Waals surface area contributed by atoms with Crippen molar-refractivity contribution in [2.75, 3.05) is 39.2 Å². The van der Waals surface area contributed by atoms with Gasteiger partial charge in [-0.15, -0.1) is 0 Å². The van der Waals surface area contributed by atoms with Gasteiger partial charge in [0.15, 0.2) is 0 Å². The second-order valence-corrected chi connectivity index (χ2v) is 8.85. The van der Waals surface area contributed by atoms with Gasteiger partial charge in [-0.1, -0.05) is 30.4 Å². The maximum atomic E-state index is 13.6. The lowest BCUT2D eigenvalue weighted by Crippen LogP contribution is -2.38. The van der Waals surface area contributed by atoms with E-state index in [1.165, 1.54) is 32.4 Å². The highest BCUT2D eigenvalue weighted by molar-refractivity contribution is 6.09. The molecule has 0 saturated carbocycles. The van der Waals surface area contributed by atoms with E-state index in [0.29, 0.717) is 53.6 Å². The normalized spacial score (nSPS) is 13.4. The number of carbonyl (C=O) groups excluding carboxylic acids is 2. The summed E-state index contributed by atoms with van der Waals surface area (Å²) in [6, 6.07) is 16.6. The Bertz CT molecular complexity index is 1310. The van der Waals surface area contributed by atoms with Crippen LogP contribution in [0.25, 0.3) is 12.2 Å². The standard InChI is InChI=1S/C30H31FN2O5/c1-36-26-18-22(29(27(20-26)37-2)30(35)32-24-7-5-6-23(31)19-24)12-9-21-10-13-25(14-11-21)38-17-16-33-15-4-3-8-28(33)34/h5-7,9-14,18-20H,3-4,8,15-17H2,1-2H3,(H,32,35)/b12-9+. The van der Waals surface area contributed by atoms with E-state index in [-0.39, 0.29) is 5.91 Å². The minimum Gasteiger partial charge on any atom is -0.497 e. The molecule has 0 aliphatic carbocycles. The molecule has 3 aromatic carbocycles. The van der Waals surface area contributed by atoms with Crippen LogP contribution < -0.4 is 19.5 Å². The monoisotopic (exact) mass is 518 g/mol. The Hall–Kier alpha value is -4.33. The van der Waals surface area contributed by atoms with Crippen molar-refractivity contribution in [1.29, 1.82) is 0 Å². The molecule has 1 saturated heterocycles. The molecule has 1 N–H and O–H groups in total. The van der Waals surface area contributed by atoms with Gasteiger partial charge < -0.3 is 24.4 Å². The van der Waals surface area contributed by atoms with E-state index in [9.17, 15) is 14.0 Å². The number of benzene rings is 3. The summed E-state index contributed by atoms with van der Waals surface area (Å²) in [5.74, 6) is 0.875. The molecular formula is C30H31FN2O5. The van der Waals surface area contributed by atoms with E-state index in [1.807, 2.05) is 35.2 Å². The molecule has 1 heterocycles. The summed E-state index contributed by atoms with van der Waals surface area (Å²) in [5.41, 5.74) is 2.09. The zero-order valence-corrected chi connectivity index (χ0v) is 21.5. The molecule has 0 radical (unpaired) electrons. The van der Waals surface area contributed by atoms with Crippen molar-refractivity contribution in [1.82, 2.24) is 4.90 Å². The van der Waals surface area contributed by atoms with E-state index >= 15 is 0 Å². The highest BCUT2D eigenvalue weighted by Gasteiger charge is 2.19. The smallest absolute Gasteiger partial charge is 0.260 e. The van der Waals surface area contributed by atoms with Crippen LogP contribution in [0.3, 0.4) is 0 Å². The average molecular weight is 519 g/mol. The van der Waals surface area contributed by atoms with Gasteiger partial charge in [0.2, 0.25) is 5.91 Å². The lowest BCUT2D eigenvalue weighted by atomic mass is 10.0. The summed E-state index contributed by atoms with van der Waals surface area (Å²) in [5, 5.41) is 2.73. The van der Waals surface area contributed by atoms with Gasteiger partial charge in [-0.25, -0.2) is 4.39 Å². The third kappa shape index (κ3) is 6.91. The molecule has 38 heavy (non-hydrogen) atoms. The summed E-state index contributed by atoms with van der Waals surface area (Å²) in [6.07, 6.45) is 6.29. The van der Waals surface area contributed by atoms with Gasteiger partial charge in [0, 0.05) is 24.7 Å². The third-order valence-electron chi connectivity index (χ3n) is 6.26. The molecule has 4 rings (SSSR count). The van der Waals surface area contributed by atoms with Gasteiger partial charge in [-0.2, -0.15) is 0 Å². The van der Waals surface area contributed by atoms with Gasteiger partial charge in [-0.3, -0.25) is 9.59 Å². The van der Waals surface area contributed by atoms with E-state index in [4.69, 9.17) is 14.2 Å². The van der Waals surface area contributed by atoms with Crippen LogP contribution in [-0.2, 0) is 4.79 Å². The molecule has 1 fully saturated rings. The predicted octanol–water partition coefficient (Wildman–Crippen LogP) is 5.66. The van der Waals surface area contributed by atoms with Crippen LogP contribution in [0.15, 0.2) is 60.7 Å². The minimum absolute atomic E-state index is 0.193. The number of nitrogens with one attached hydrogen (secondary N) is 1. The number of carbonyl (C=O) groups is 2. The molecule has 2 amide bonds. The van der Waals surface area contributed by atoms with Crippen molar-refractivity contribution in [3.8, 4) is 17.2 Å². The first-order chi connectivity index (χ1) is 18.5. The summed E-state index contributed by atoms with van der Waals surface area (Å²) in [7, 11) is 3.01. The number of amides is 2. The van der Waals surface area contributed by atoms with Gasteiger partial charge in [0.05, 0.1) is 26.3 Å². The lowest BCUT2D eigenvalue weighted by molar-refractivity contribution is -0.133. The van der Waals surface area contributed by atoms with E-state index < -0.39 is 11.7 Å². The SMILES string of the molecule is COc1cc(/C=C/c2ccc(OCCN3CCCCC3=O)cc2)c(C(=O)Nc2cccc(F)c2)c(OC)c1. The Morgan fingerprint density at radius 2 is 1.82 bits per heavy atom. The number of ether oxygens (including phenoxy) is 3. The third-order valence-corrected chi connectivity index (χ3v) is 6.26. The fourth-order valence-electron chi connectivity index (χ4n) is 4.26. The first kappa shape index (κ1) is 26.7. The lowest BCUT2D eigenvalue weighted by Gasteiger charge is -2.26. The van der Waals surface area contributed by atoms with Crippen molar-refractivity contribution in [3.05, 3.63) is 83.2 Å². The topological polar surface area (TPSA) is 77.1 Å². The van der Waals surface area contributed by atoms with Crippen molar-refractivity contribution in [2.45, 2.75) is 19.3 Å². The van der Waals surface area contributed by atoms with Crippen LogP contribution in [0.1, 0.15) is 40.7 Å². The number of halogens is 1. The number of hydrogen-bond acceptors (Lipinski definition) is 5. The van der Waals surface area contributed by atoms with Crippen LogP contribution in [0.2, 0.25) is 0 Å². The Morgan fingerprint density at radius 3 is 2.53 bits per heavy atom. The molecular weight excluding hydrogens is 487 g/mol. The van der Waals surface area contributed by atoms with Crippen LogP contribution in [0.4, 0.5) is 10.1 Å². The molecule has 8 heteroatoms. The van der Waals surface area contributed by atoms with E-state index in [0.717, 1.165) is 24.9 Å². The summed E-state index contributed by atoms with van der Waals surface area (Å²) in [4.78, 5) is 27.0. The molecule has 0 spiro atoms. The van der Waals surface area contributed by atoms with E-state index in [2.05, 4.69) is 5.32 Å². The first-order valence-electron chi connectivity index (χ1n) is 12.5. The van der Waals surface area contributed by atoms with Crippen LogP contribution in [-0.4, -0.2) is 50.6 Å². The van der Waals surface area contributed by atoms with Gasteiger partial charge in [0.25, 0.3) is 5.91 Å². The predicted molar refractivity (Wildman–Crippen MR) is 145 cm³/mol. The number of rotatable bonds is 10. The second kappa shape index (κ2) is 12.8. The molecule has 198 valence electrons. The maximum absolute atomic E-state index is 13.6. The summed E-state index contributed by atoms with van der Waals surface area (Å²) >= 11 is 0. The van der Waals surface area contributed by atoms with Crippen molar-refractivity contribution in [2.24, 2.45) is 0 Å². The first-order valence-corrected chi connectivity index (χ1v) is 12.5. The highest BCUT2D eigenvalue weighted by atomic mass is 19.1. The average Bonchev–Trinajstić information content (AvgIpc) is 2.93. The molecule has 1 aliphatic rings. The number of hydrogen-bond donors (Lipinski definition) is 1. The maximum Gasteiger partial charge on any atom is 0.260 e. The largest absolute Gasteiger partial charge is 0.497 e. The Balaban J connectivity index is 1.48. The number of piperidine rings is 1. The van der Waals surface area contributed by atoms with Gasteiger partial charge >= 0.3 is 0 Å². The highest BCUT2D eigenvalue weighted by Crippen LogP contribution is 2.31. The number of methoxy groups -OCH3 is 2. The minimum atomic E-state index is -0.447. The zero-order valence-electron chi connectivity index (χ0n) is 21.5. The molecule has 1 aliphatic heterocycles. The molecule has 0 aromatic heterocycles. The zero-order chi connectivity index (χ0) is 26.9. The number of likely N-dealkylation sites (tertiary alicyclic amines) is 1. The summed E-state index contributed by atoms with van der Waals surface area (Å²) < 4.78 is 30.3. The van der Waals surface area contributed by atoms with Gasteiger partial charge in [-0.05, 0) is 60.4 Å². The molecule has 7 nitrogen and oxygen atoms in total. The quantitative estimate of drug-likeness (QED) is 0.351. The molecule has 0 unspecified atom stereocenters. The molecule has 0 atom stereocenters. The second-order valence-electron chi connectivity index (χ2n) is 8.85. The fourth-order valence-corrected chi connectivity index (χ4v) is 4.26. The van der Waals surface area contributed by atoms with Crippen LogP contribution in [0.5, 0.6) is 17.2 Å². The Labute approximate surface area is 221 Å². The number of anilines is 1. The Morgan fingerprint density at radius 1 is 1.00 bits per heavy atom. The van der Waals surface area contributed by atoms with Gasteiger partial charge in [0.1, 0.15) is 29.7 Å². The van der Waals surface area contributed by atoms with Crippen LogP contribution in [0, 0.1) is 5.82 Å². The number of nitrogens with zero attached hydrogens (tertiary/aromatic N) is 1. The van der Waals surface area contributed by atoms with Crippen molar-refractivity contribution < 1.29 is 28.2 Å². The fraction of sp³-hybridized carbons (Fsp3) is 0.267. The van der Waals surface area contributed by atoms with Crippen molar-refractivity contribution in [3.63, 3.8) is 0 Å². The molecule has 3 aromatic rings. The van der Waals surface area contributed by atoms with Crippen molar-refractivity contribution >= 4 is 29.7 Å².